The molecule has 1 heterocycles. The standard InChI is InChI=1S/C9H8F2O2S/c10-6-1-2-9(8(11)3-6)14(12)5-7-4-13-7/h1-3,7H,4-5H2. The quantitative estimate of drug-likeness (QED) is 0.719. The van der Waals surface area contributed by atoms with Gasteiger partial charge in [-0.2, -0.15) is 0 Å². The summed E-state index contributed by atoms with van der Waals surface area (Å²) in [5.74, 6) is -1.14. The van der Waals surface area contributed by atoms with E-state index in [4.69, 9.17) is 4.74 Å². The van der Waals surface area contributed by atoms with Gasteiger partial charge in [0.2, 0.25) is 0 Å². The summed E-state index contributed by atoms with van der Waals surface area (Å²) in [4.78, 5) is 0.0434. The van der Waals surface area contributed by atoms with Crippen molar-refractivity contribution in [3.8, 4) is 0 Å². The SMILES string of the molecule is O=S(CC1CO1)c1ccc(F)cc1F. The minimum Gasteiger partial charge on any atom is -0.372 e. The zero-order valence-corrected chi connectivity index (χ0v) is 8.02. The van der Waals surface area contributed by atoms with Gasteiger partial charge in [0.05, 0.1) is 34.2 Å². The fourth-order valence-corrected chi connectivity index (χ4v) is 2.29. The molecule has 0 spiro atoms. The Kier molecular flexibility index (Phi) is 2.60. The number of epoxide rings is 1. The second kappa shape index (κ2) is 3.74. The summed E-state index contributed by atoms with van der Waals surface area (Å²) in [6.45, 7) is 0.578. The normalized spacial score (nSPS) is 22.0. The maximum Gasteiger partial charge on any atom is 0.142 e. The van der Waals surface area contributed by atoms with Gasteiger partial charge in [-0.25, -0.2) is 8.78 Å². The van der Waals surface area contributed by atoms with Crippen LogP contribution in [-0.2, 0) is 15.5 Å². The van der Waals surface area contributed by atoms with Crippen LogP contribution in [0.15, 0.2) is 23.1 Å². The smallest absolute Gasteiger partial charge is 0.142 e. The van der Waals surface area contributed by atoms with Crippen molar-refractivity contribution in [2.24, 2.45) is 0 Å². The first-order chi connectivity index (χ1) is 6.66. The van der Waals surface area contributed by atoms with Crippen molar-refractivity contribution < 1.29 is 17.7 Å². The molecule has 2 nitrogen and oxygen atoms in total. The molecule has 2 rings (SSSR count). The number of ether oxygens (including phenoxy) is 1. The van der Waals surface area contributed by atoms with E-state index in [0.29, 0.717) is 6.61 Å². The van der Waals surface area contributed by atoms with Gasteiger partial charge >= 0.3 is 0 Å². The van der Waals surface area contributed by atoms with Crippen LogP contribution in [0, 0.1) is 11.6 Å². The second-order valence-electron chi connectivity index (χ2n) is 3.04. The van der Waals surface area contributed by atoms with Gasteiger partial charge in [0.15, 0.2) is 0 Å². The molecule has 0 aromatic heterocycles. The van der Waals surface area contributed by atoms with Crippen molar-refractivity contribution in [1.82, 2.24) is 0 Å². The van der Waals surface area contributed by atoms with Gasteiger partial charge in [-0.1, -0.05) is 0 Å². The van der Waals surface area contributed by atoms with E-state index in [1.54, 1.807) is 0 Å². The number of benzene rings is 1. The lowest BCUT2D eigenvalue weighted by Gasteiger charge is -2.01. The van der Waals surface area contributed by atoms with Gasteiger partial charge in [-0.05, 0) is 12.1 Å². The van der Waals surface area contributed by atoms with E-state index in [-0.39, 0.29) is 16.8 Å². The molecule has 2 atom stereocenters. The molecule has 0 N–H and O–H groups in total. The molecule has 2 unspecified atom stereocenters. The van der Waals surface area contributed by atoms with Crippen molar-refractivity contribution in [2.45, 2.75) is 11.0 Å². The van der Waals surface area contributed by atoms with E-state index in [9.17, 15) is 13.0 Å². The minimum absolute atomic E-state index is 0.0275. The van der Waals surface area contributed by atoms with Gasteiger partial charge in [0.25, 0.3) is 0 Å². The van der Waals surface area contributed by atoms with Crippen LogP contribution in [0.2, 0.25) is 0 Å². The summed E-state index contributed by atoms with van der Waals surface area (Å²) in [5, 5.41) is 0. The molecule has 0 aliphatic carbocycles. The molecular formula is C9H8F2O2S. The van der Waals surface area contributed by atoms with E-state index in [1.807, 2.05) is 0 Å². The molecule has 1 aromatic carbocycles. The number of halogens is 2. The summed E-state index contributed by atoms with van der Waals surface area (Å²) < 4.78 is 42.0. The molecule has 0 amide bonds. The molecule has 1 fully saturated rings. The minimum atomic E-state index is -1.44. The van der Waals surface area contributed by atoms with Crippen molar-refractivity contribution in [1.29, 1.82) is 0 Å². The molecular weight excluding hydrogens is 210 g/mol. The summed E-state index contributed by atoms with van der Waals surface area (Å²) in [7, 11) is -1.44. The summed E-state index contributed by atoms with van der Waals surface area (Å²) in [5.41, 5.74) is 0. The molecule has 1 aliphatic heterocycles. The van der Waals surface area contributed by atoms with E-state index in [1.165, 1.54) is 6.07 Å². The Morgan fingerprint density at radius 2 is 2.21 bits per heavy atom. The van der Waals surface area contributed by atoms with Gasteiger partial charge in [0, 0.05) is 6.07 Å². The topological polar surface area (TPSA) is 29.6 Å². The van der Waals surface area contributed by atoms with Crippen LogP contribution >= 0.6 is 0 Å². The van der Waals surface area contributed by atoms with Crippen LogP contribution in [0.5, 0.6) is 0 Å². The highest BCUT2D eigenvalue weighted by atomic mass is 32.2. The Morgan fingerprint density at radius 1 is 1.50 bits per heavy atom. The fourth-order valence-electron chi connectivity index (χ4n) is 1.08. The van der Waals surface area contributed by atoms with Crippen molar-refractivity contribution >= 4 is 10.8 Å². The first-order valence-corrected chi connectivity index (χ1v) is 5.44. The van der Waals surface area contributed by atoms with Crippen molar-refractivity contribution in [3.05, 3.63) is 29.8 Å². The highest BCUT2D eigenvalue weighted by Crippen LogP contribution is 2.18. The molecule has 1 aliphatic rings. The molecule has 1 aromatic rings. The first kappa shape index (κ1) is 9.73. The van der Waals surface area contributed by atoms with Crippen LogP contribution in [0.25, 0.3) is 0 Å². The van der Waals surface area contributed by atoms with E-state index in [0.717, 1.165) is 12.1 Å². The molecule has 0 saturated carbocycles. The zero-order valence-electron chi connectivity index (χ0n) is 7.20. The molecule has 5 heteroatoms. The average molecular weight is 218 g/mol. The van der Waals surface area contributed by atoms with Crippen LogP contribution in [0.1, 0.15) is 0 Å². The lowest BCUT2D eigenvalue weighted by Crippen LogP contribution is -2.06. The third kappa shape index (κ3) is 2.16. The molecule has 0 radical (unpaired) electrons. The maximum absolute atomic E-state index is 13.1. The maximum atomic E-state index is 13.1. The third-order valence-corrected chi connectivity index (χ3v) is 3.38. The largest absolute Gasteiger partial charge is 0.372 e. The molecule has 0 bridgehead atoms. The molecule has 76 valence electrons. The number of hydrogen-bond acceptors (Lipinski definition) is 2. The van der Waals surface area contributed by atoms with Gasteiger partial charge < -0.3 is 4.74 Å². The van der Waals surface area contributed by atoms with E-state index in [2.05, 4.69) is 0 Å². The fraction of sp³-hybridized carbons (Fsp3) is 0.333. The Hall–Kier alpha value is -0.810. The molecule has 14 heavy (non-hydrogen) atoms. The Balaban J connectivity index is 2.17. The van der Waals surface area contributed by atoms with Crippen LogP contribution in [0.4, 0.5) is 8.78 Å². The highest BCUT2D eigenvalue weighted by molar-refractivity contribution is 7.85. The second-order valence-corrected chi connectivity index (χ2v) is 4.51. The van der Waals surface area contributed by atoms with Crippen molar-refractivity contribution in [3.63, 3.8) is 0 Å². The first-order valence-electron chi connectivity index (χ1n) is 4.12. The van der Waals surface area contributed by atoms with Gasteiger partial charge in [-0.3, -0.25) is 4.21 Å². The highest BCUT2D eigenvalue weighted by Gasteiger charge is 2.26. The van der Waals surface area contributed by atoms with Crippen molar-refractivity contribution in [2.75, 3.05) is 12.4 Å². The van der Waals surface area contributed by atoms with Gasteiger partial charge in [-0.15, -0.1) is 0 Å². The van der Waals surface area contributed by atoms with Crippen LogP contribution < -0.4 is 0 Å². The number of hydrogen-bond donors (Lipinski definition) is 0. The zero-order chi connectivity index (χ0) is 10.1. The average Bonchev–Trinajstić information content (AvgIpc) is 2.87. The lowest BCUT2D eigenvalue weighted by molar-refractivity contribution is 0.424. The molecule has 1 saturated heterocycles. The van der Waals surface area contributed by atoms with E-state index < -0.39 is 22.4 Å². The van der Waals surface area contributed by atoms with Crippen LogP contribution in [-0.4, -0.2) is 22.7 Å². The predicted octanol–water partition coefficient (Wildman–Crippen LogP) is 1.47. The van der Waals surface area contributed by atoms with Gasteiger partial charge in [0.1, 0.15) is 11.6 Å². The lowest BCUT2D eigenvalue weighted by atomic mass is 10.3. The Morgan fingerprint density at radius 3 is 2.79 bits per heavy atom. The summed E-state index contributed by atoms with van der Waals surface area (Å²) >= 11 is 0. The predicted molar refractivity (Wildman–Crippen MR) is 47.4 cm³/mol. The summed E-state index contributed by atoms with van der Waals surface area (Å²) in [6, 6.07) is 3.05. The van der Waals surface area contributed by atoms with E-state index >= 15 is 0 Å². The Bertz CT molecular complexity index is 377. The Labute approximate surface area is 82.3 Å². The summed E-state index contributed by atoms with van der Waals surface area (Å²) in [6.07, 6.45) is -0.0275. The third-order valence-electron chi connectivity index (χ3n) is 1.88. The van der Waals surface area contributed by atoms with Crippen LogP contribution in [0.3, 0.4) is 0 Å². The monoisotopic (exact) mass is 218 g/mol. The number of rotatable bonds is 3.